The number of nitrogens with two attached hydrogens (primary N) is 1. The van der Waals surface area contributed by atoms with E-state index in [1.165, 1.54) is 0 Å². The summed E-state index contributed by atoms with van der Waals surface area (Å²) in [6.07, 6.45) is -0.534. The average molecular weight is 391 g/mol. The van der Waals surface area contributed by atoms with E-state index >= 15 is 0 Å². The van der Waals surface area contributed by atoms with Gasteiger partial charge in [-0.25, -0.2) is 8.78 Å². The van der Waals surface area contributed by atoms with Crippen molar-refractivity contribution >= 4 is 16.1 Å². The second kappa shape index (κ2) is 8.27. The number of nitrogens with one attached hydrogen (secondary N) is 2. The van der Waals surface area contributed by atoms with Crippen molar-refractivity contribution < 1.29 is 31.6 Å². The summed E-state index contributed by atoms with van der Waals surface area (Å²) < 4.78 is 59.7. The molecule has 0 saturated heterocycles. The van der Waals surface area contributed by atoms with Gasteiger partial charge in [0.25, 0.3) is 10.2 Å². The molecule has 0 bridgehead atoms. The number of primary amides is 1. The monoisotopic (exact) mass is 391 g/mol. The number of hydrogen-bond donors (Lipinski definition) is 4. The Hall–Kier alpha value is -2.48. The molecule has 0 aliphatic carbocycles. The highest BCUT2D eigenvalue weighted by Crippen LogP contribution is 2.24. The number of aliphatic hydroxyl groups is 1. The van der Waals surface area contributed by atoms with Gasteiger partial charge in [-0.05, 0) is 18.2 Å². The molecule has 0 aliphatic heterocycles. The van der Waals surface area contributed by atoms with Crippen LogP contribution in [0.1, 0.15) is 18.4 Å². The zero-order chi connectivity index (χ0) is 19.3. The van der Waals surface area contributed by atoms with E-state index in [9.17, 15) is 22.0 Å². The molecule has 0 radical (unpaired) electrons. The first-order valence-electron chi connectivity index (χ1n) is 7.17. The second-order valence-corrected chi connectivity index (χ2v) is 6.57. The van der Waals surface area contributed by atoms with Crippen molar-refractivity contribution in [3.8, 4) is 11.4 Å². The van der Waals surface area contributed by atoms with E-state index in [-0.39, 0.29) is 23.8 Å². The van der Waals surface area contributed by atoms with Gasteiger partial charge in [-0.3, -0.25) is 4.79 Å². The van der Waals surface area contributed by atoms with Crippen LogP contribution in [0.4, 0.5) is 8.78 Å². The van der Waals surface area contributed by atoms with Gasteiger partial charge in [0.1, 0.15) is 17.7 Å². The van der Waals surface area contributed by atoms with Crippen LogP contribution < -0.4 is 15.2 Å². The maximum absolute atomic E-state index is 13.8. The molecule has 0 aliphatic rings. The van der Waals surface area contributed by atoms with E-state index in [0.717, 1.165) is 18.2 Å². The van der Waals surface area contributed by atoms with Crippen LogP contribution in [0.15, 0.2) is 22.7 Å². The van der Waals surface area contributed by atoms with E-state index in [1.54, 1.807) is 0 Å². The van der Waals surface area contributed by atoms with Gasteiger partial charge in [0.2, 0.25) is 17.6 Å². The number of halogens is 2. The van der Waals surface area contributed by atoms with Crippen molar-refractivity contribution in [2.75, 3.05) is 13.2 Å². The van der Waals surface area contributed by atoms with Crippen LogP contribution in [0.5, 0.6) is 0 Å². The van der Waals surface area contributed by atoms with Crippen LogP contribution in [0.25, 0.3) is 11.4 Å². The highest BCUT2D eigenvalue weighted by molar-refractivity contribution is 7.87. The molecule has 2 rings (SSSR count). The zero-order valence-electron chi connectivity index (χ0n) is 13.1. The van der Waals surface area contributed by atoms with Crippen LogP contribution in [0.3, 0.4) is 0 Å². The molecular weight excluding hydrogens is 376 g/mol. The number of aliphatic hydroxyl groups excluding tert-OH is 1. The van der Waals surface area contributed by atoms with Gasteiger partial charge < -0.3 is 15.4 Å². The summed E-state index contributed by atoms with van der Waals surface area (Å²) in [5, 5.41) is 12.1. The summed E-state index contributed by atoms with van der Waals surface area (Å²) in [5.41, 5.74) is 4.77. The molecule has 0 unspecified atom stereocenters. The highest BCUT2D eigenvalue weighted by atomic mass is 32.2. The third kappa shape index (κ3) is 5.26. The average Bonchev–Trinajstić information content (AvgIpc) is 3.04. The lowest BCUT2D eigenvalue weighted by Gasteiger charge is -2.13. The normalized spacial score (nSPS) is 12.9. The van der Waals surface area contributed by atoms with Crippen molar-refractivity contribution in [2.45, 2.75) is 12.5 Å². The smallest absolute Gasteiger partial charge is 0.277 e. The number of rotatable bonds is 9. The molecule has 0 spiro atoms. The fourth-order valence-electron chi connectivity index (χ4n) is 1.94. The molecule has 26 heavy (non-hydrogen) atoms. The predicted molar refractivity (Wildman–Crippen MR) is 83.3 cm³/mol. The summed E-state index contributed by atoms with van der Waals surface area (Å²) in [5.74, 6) is -3.16. The maximum atomic E-state index is 13.8. The maximum Gasteiger partial charge on any atom is 0.277 e. The molecule has 0 fully saturated rings. The van der Waals surface area contributed by atoms with Gasteiger partial charge in [-0.2, -0.15) is 22.8 Å². The minimum absolute atomic E-state index is 0.276. The van der Waals surface area contributed by atoms with Gasteiger partial charge >= 0.3 is 0 Å². The molecule has 10 nitrogen and oxygen atoms in total. The lowest BCUT2D eigenvalue weighted by Crippen LogP contribution is -2.41. The quantitative estimate of drug-likeness (QED) is 0.441. The highest BCUT2D eigenvalue weighted by Gasteiger charge is 2.27. The zero-order valence-corrected chi connectivity index (χ0v) is 14.0. The summed E-state index contributed by atoms with van der Waals surface area (Å²) in [4.78, 5) is 15.0. The van der Waals surface area contributed by atoms with Crippen LogP contribution in [0, 0.1) is 11.6 Å². The number of carbonyl (C=O) groups is 1. The van der Waals surface area contributed by atoms with Crippen molar-refractivity contribution in [2.24, 2.45) is 5.73 Å². The summed E-state index contributed by atoms with van der Waals surface area (Å²) in [7, 11) is -4.14. The van der Waals surface area contributed by atoms with Gasteiger partial charge in [0, 0.05) is 6.54 Å². The SMILES string of the molecule is NC(=O)C[C@H](NS(=O)(=O)NCCO)c1nc(-c2cc(F)ccc2F)no1. The topological polar surface area (TPSA) is 160 Å². The minimum Gasteiger partial charge on any atom is -0.395 e. The van der Waals surface area contributed by atoms with Crippen molar-refractivity contribution in [3.63, 3.8) is 0 Å². The van der Waals surface area contributed by atoms with E-state index in [0.29, 0.717) is 0 Å². The Kier molecular flexibility index (Phi) is 6.31. The molecule has 1 aromatic heterocycles. The number of aromatic nitrogens is 2. The van der Waals surface area contributed by atoms with Crippen LogP contribution in [-0.4, -0.2) is 42.7 Å². The number of carbonyl (C=O) groups excluding carboxylic acids is 1. The Morgan fingerprint density at radius 2 is 2.12 bits per heavy atom. The minimum atomic E-state index is -4.14. The summed E-state index contributed by atoms with van der Waals surface area (Å²) >= 11 is 0. The van der Waals surface area contributed by atoms with Crippen LogP contribution in [-0.2, 0) is 15.0 Å². The van der Waals surface area contributed by atoms with E-state index in [4.69, 9.17) is 15.4 Å². The molecule has 1 amide bonds. The molecular formula is C13H15F2N5O5S. The van der Waals surface area contributed by atoms with Crippen LogP contribution in [0.2, 0.25) is 0 Å². The van der Waals surface area contributed by atoms with Gasteiger partial charge in [-0.15, -0.1) is 0 Å². The van der Waals surface area contributed by atoms with Gasteiger partial charge in [0.05, 0.1) is 18.6 Å². The van der Waals surface area contributed by atoms with E-state index in [1.807, 2.05) is 4.72 Å². The first-order chi connectivity index (χ1) is 12.2. The summed E-state index contributed by atoms with van der Waals surface area (Å²) in [6, 6.07) is 1.25. The third-order valence-electron chi connectivity index (χ3n) is 3.02. The van der Waals surface area contributed by atoms with Crippen LogP contribution >= 0.6 is 0 Å². The lowest BCUT2D eigenvalue weighted by molar-refractivity contribution is -0.118. The first-order valence-corrected chi connectivity index (χ1v) is 8.65. The van der Waals surface area contributed by atoms with E-state index < -0.39 is 46.8 Å². The van der Waals surface area contributed by atoms with E-state index in [2.05, 4.69) is 14.9 Å². The Morgan fingerprint density at radius 1 is 1.38 bits per heavy atom. The summed E-state index contributed by atoms with van der Waals surface area (Å²) in [6.45, 7) is -0.729. The molecule has 13 heteroatoms. The Balaban J connectivity index is 2.31. The molecule has 1 heterocycles. The molecule has 1 atom stereocenters. The van der Waals surface area contributed by atoms with Crippen molar-refractivity contribution in [1.82, 2.24) is 19.6 Å². The molecule has 5 N–H and O–H groups in total. The fourth-order valence-corrected chi connectivity index (χ4v) is 2.95. The molecule has 1 aromatic carbocycles. The van der Waals surface area contributed by atoms with Gasteiger partial charge in [-0.1, -0.05) is 5.16 Å². The molecule has 2 aromatic rings. The Bertz CT molecular complexity index is 889. The number of benzene rings is 1. The molecule has 0 saturated carbocycles. The number of nitrogens with zero attached hydrogens (tertiary/aromatic N) is 2. The van der Waals surface area contributed by atoms with Crippen molar-refractivity contribution in [1.29, 1.82) is 0 Å². The third-order valence-corrected chi connectivity index (χ3v) is 4.19. The first kappa shape index (κ1) is 19.8. The second-order valence-electron chi connectivity index (χ2n) is 5.04. The molecule has 142 valence electrons. The lowest BCUT2D eigenvalue weighted by atomic mass is 10.2. The number of amides is 1. The van der Waals surface area contributed by atoms with Crippen molar-refractivity contribution in [3.05, 3.63) is 35.7 Å². The fraction of sp³-hybridized carbons (Fsp3) is 0.308. The standard InChI is InChI=1S/C13H15F2N5O5S/c14-7-1-2-9(15)8(5-7)12-18-13(25-19-12)10(6-11(16)22)20-26(23,24)17-3-4-21/h1-2,5,10,17,20-21H,3-4,6H2,(H2,16,22)/t10-/m0/s1. The largest absolute Gasteiger partial charge is 0.395 e. The Labute approximate surface area is 146 Å². The number of hydrogen-bond acceptors (Lipinski definition) is 7. The van der Waals surface area contributed by atoms with Gasteiger partial charge in [0.15, 0.2) is 0 Å². The Morgan fingerprint density at radius 3 is 2.77 bits per heavy atom. The predicted octanol–water partition coefficient (Wildman–Crippen LogP) is -0.652.